The molecule has 5 nitrogen and oxygen atoms in total. The Hall–Kier alpha value is -0.690. The van der Waals surface area contributed by atoms with Gasteiger partial charge in [-0.1, -0.05) is 17.7 Å². The molecule has 1 aliphatic carbocycles. The monoisotopic (exact) mass is 304 g/mol. The molecule has 3 atom stereocenters. The SMILES string of the molecule is CS(=O)(=O)O[C@H]1CC[C@H](N)C[C@@H]1c1ccc(Cl)nc1. The van der Waals surface area contributed by atoms with Crippen LogP contribution in [0.3, 0.4) is 0 Å². The van der Waals surface area contributed by atoms with Gasteiger partial charge in [0, 0.05) is 18.2 Å². The van der Waals surface area contributed by atoms with Crippen LogP contribution in [0.15, 0.2) is 18.3 Å². The van der Waals surface area contributed by atoms with Crippen molar-refractivity contribution in [2.24, 2.45) is 5.73 Å². The van der Waals surface area contributed by atoms with E-state index in [1.54, 1.807) is 12.3 Å². The van der Waals surface area contributed by atoms with E-state index in [0.717, 1.165) is 18.2 Å². The number of hydrogen-bond donors (Lipinski definition) is 1. The number of halogens is 1. The topological polar surface area (TPSA) is 82.3 Å². The highest BCUT2D eigenvalue weighted by molar-refractivity contribution is 7.86. The van der Waals surface area contributed by atoms with Crippen molar-refractivity contribution in [2.45, 2.75) is 37.3 Å². The molecule has 0 aliphatic heterocycles. The van der Waals surface area contributed by atoms with Crippen molar-refractivity contribution in [1.29, 1.82) is 0 Å². The molecule has 1 saturated carbocycles. The van der Waals surface area contributed by atoms with Crippen molar-refractivity contribution >= 4 is 21.7 Å². The van der Waals surface area contributed by atoms with E-state index >= 15 is 0 Å². The van der Waals surface area contributed by atoms with Gasteiger partial charge in [-0.2, -0.15) is 8.42 Å². The van der Waals surface area contributed by atoms with Crippen LogP contribution in [0, 0.1) is 0 Å². The van der Waals surface area contributed by atoms with Crippen LogP contribution in [-0.2, 0) is 14.3 Å². The summed E-state index contributed by atoms with van der Waals surface area (Å²) in [5.41, 5.74) is 6.88. The molecule has 0 spiro atoms. The lowest BCUT2D eigenvalue weighted by Gasteiger charge is -2.33. The minimum Gasteiger partial charge on any atom is -0.328 e. The van der Waals surface area contributed by atoms with Crippen molar-refractivity contribution in [3.63, 3.8) is 0 Å². The number of aromatic nitrogens is 1. The molecule has 19 heavy (non-hydrogen) atoms. The third kappa shape index (κ3) is 4.14. The molecule has 0 unspecified atom stereocenters. The van der Waals surface area contributed by atoms with Gasteiger partial charge in [0.25, 0.3) is 10.1 Å². The van der Waals surface area contributed by atoms with Gasteiger partial charge in [-0.3, -0.25) is 4.18 Å². The summed E-state index contributed by atoms with van der Waals surface area (Å²) in [4.78, 5) is 4.03. The first-order valence-corrected chi connectivity index (χ1v) is 8.30. The molecule has 1 fully saturated rings. The van der Waals surface area contributed by atoms with Gasteiger partial charge in [0.05, 0.1) is 12.4 Å². The van der Waals surface area contributed by atoms with Crippen LogP contribution >= 0.6 is 11.6 Å². The summed E-state index contributed by atoms with van der Waals surface area (Å²) in [7, 11) is -3.48. The highest BCUT2D eigenvalue weighted by Crippen LogP contribution is 2.35. The fourth-order valence-corrected chi connectivity index (χ4v) is 3.26. The van der Waals surface area contributed by atoms with E-state index in [9.17, 15) is 8.42 Å². The molecular formula is C12H17ClN2O3S. The second-order valence-corrected chi connectivity index (χ2v) is 6.92. The zero-order chi connectivity index (χ0) is 14.0. The first-order valence-electron chi connectivity index (χ1n) is 6.10. The van der Waals surface area contributed by atoms with Crippen LogP contribution in [0.1, 0.15) is 30.7 Å². The van der Waals surface area contributed by atoms with Gasteiger partial charge in [0.15, 0.2) is 0 Å². The number of rotatable bonds is 3. The first kappa shape index (κ1) is 14.7. The molecule has 0 bridgehead atoms. The van der Waals surface area contributed by atoms with Crippen molar-refractivity contribution in [1.82, 2.24) is 4.98 Å². The second-order valence-electron chi connectivity index (χ2n) is 4.93. The van der Waals surface area contributed by atoms with Crippen LogP contribution in [-0.4, -0.2) is 31.8 Å². The Kier molecular flexibility index (Phi) is 4.45. The molecule has 2 N–H and O–H groups in total. The largest absolute Gasteiger partial charge is 0.328 e. The predicted octanol–water partition coefficient (Wildman–Crippen LogP) is 1.67. The lowest BCUT2D eigenvalue weighted by atomic mass is 9.80. The normalized spacial score (nSPS) is 28.3. The quantitative estimate of drug-likeness (QED) is 0.678. The molecule has 1 aromatic rings. The molecule has 1 heterocycles. The Balaban J connectivity index is 2.23. The summed E-state index contributed by atoms with van der Waals surface area (Å²) >= 11 is 5.76. The Morgan fingerprint density at radius 1 is 1.42 bits per heavy atom. The summed E-state index contributed by atoms with van der Waals surface area (Å²) in [6, 6.07) is 3.59. The highest BCUT2D eigenvalue weighted by atomic mass is 35.5. The van der Waals surface area contributed by atoms with Crippen LogP contribution in [0.2, 0.25) is 5.15 Å². The lowest BCUT2D eigenvalue weighted by Crippen LogP contribution is -2.37. The molecule has 106 valence electrons. The third-order valence-corrected chi connectivity index (χ3v) is 4.12. The van der Waals surface area contributed by atoms with Gasteiger partial charge in [0.1, 0.15) is 5.15 Å². The van der Waals surface area contributed by atoms with Crippen LogP contribution < -0.4 is 5.73 Å². The number of pyridine rings is 1. The number of nitrogens with zero attached hydrogens (tertiary/aromatic N) is 1. The van der Waals surface area contributed by atoms with Crippen LogP contribution in [0.4, 0.5) is 0 Å². The summed E-state index contributed by atoms with van der Waals surface area (Å²) in [5, 5.41) is 0.407. The minimum absolute atomic E-state index is 0.0556. The fourth-order valence-electron chi connectivity index (χ4n) is 2.47. The zero-order valence-corrected chi connectivity index (χ0v) is 12.2. The van der Waals surface area contributed by atoms with Crippen molar-refractivity contribution < 1.29 is 12.6 Å². The standard InChI is InChI=1S/C12H17ClN2O3S/c1-19(16,17)18-11-4-3-9(14)6-10(11)8-2-5-12(13)15-7-8/h2,5,7,9-11H,3-4,6,14H2,1H3/t9-,10+,11-/m0/s1. The van der Waals surface area contributed by atoms with E-state index in [4.69, 9.17) is 21.5 Å². The van der Waals surface area contributed by atoms with E-state index in [1.807, 2.05) is 6.07 Å². The van der Waals surface area contributed by atoms with Crippen molar-refractivity contribution in [3.8, 4) is 0 Å². The van der Waals surface area contributed by atoms with Gasteiger partial charge < -0.3 is 5.73 Å². The van der Waals surface area contributed by atoms with Gasteiger partial charge in [-0.15, -0.1) is 0 Å². The van der Waals surface area contributed by atoms with Crippen LogP contribution in [0.25, 0.3) is 0 Å². The Bertz CT molecular complexity index is 532. The summed E-state index contributed by atoms with van der Waals surface area (Å²) in [6.45, 7) is 0. The average Bonchev–Trinajstić information content (AvgIpc) is 2.31. The molecule has 1 aliphatic rings. The highest BCUT2D eigenvalue weighted by Gasteiger charge is 2.33. The van der Waals surface area contributed by atoms with Gasteiger partial charge in [-0.25, -0.2) is 4.98 Å². The lowest BCUT2D eigenvalue weighted by molar-refractivity contribution is 0.130. The van der Waals surface area contributed by atoms with E-state index in [2.05, 4.69) is 4.98 Å². The Labute approximate surface area is 118 Å². The van der Waals surface area contributed by atoms with Gasteiger partial charge >= 0.3 is 0 Å². The first-order chi connectivity index (χ1) is 8.85. The summed E-state index contributed by atoms with van der Waals surface area (Å²) in [6.07, 6.45) is 4.42. The maximum Gasteiger partial charge on any atom is 0.264 e. The summed E-state index contributed by atoms with van der Waals surface area (Å²) < 4.78 is 27.8. The maximum atomic E-state index is 11.3. The molecule has 1 aromatic heterocycles. The summed E-state index contributed by atoms with van der Waals surface area (Å²) in [5.74, 6) is -0.0664. The molecule has 0 amide bonds. The fraction of sp³-hybridized carbons (Fsp3) is 0.583. The Morgan fingerprint density at radius 2 is 2.16 bits per heavy atom. The zero-order valence-electron chi connectivity index (χ0n) is 10.6. The van der Waals surface area contributed by atoms with E-state index in [1.165, 1.54) is 0 Å². The molecule has 2 rings (SSSR count). The van der Waals surface area contributed by atoms with Crippen molar-refractivity contribution in [3.05, 3.63) is 29.0 Å². The predicted molar refractivity (Wildman–Crippen MR) is 73.5 cm³/mol. The average molecular weight is 305 g/mol. The molecular weight excluding hydrogens is 288 g/mol. The second kappa shape index (κ2) is 5.75. The maximum absolute atomic E-state index is 11.3. The molecule has 0 saturated heterocycles. The number of nitrogens with two attached hydrogens (primary N) is 1. The van der Waals surface area contributed by atoms with Gasteiger partial charge in [0.2, 0.25) is 0 Å². The van der Waals surface area contributed by atoms with E-state index < -0.39 is 10.1 Å². The third-order valence-electron chi connectivity index (χ3n) is 3.30. The molecule has 7 heteroatoms. The Morgan fingerprint density at radius 3 is 2.74 bits per heavy atom. The van der Waals surface area contributed by atoms with E-state index in [0.29, 0.717) is 18.0 Å². The van der Waals surface area contributed by atoms with Crippen LogP contribution in [0.5, 0.6) is 0 Å². The van der Waals surface area contributed by atoms with Gasteiger partial charge in [-0.05, 0) is 30.9 Å². The smallest absolute Gasteiger partial charge is 0.264 e. The van der Waals surface area contributed by atoms with Crippen molar-refractivity contribution in [2.75, 3.05) is 6.26 Å². The molecule has 0 radical (unpaired) electrons. The van der Waals surface area contributed by atoms with E-state index in [-0.39, 0.29) is 18.1 Å². The molecule has 0 aromatic carbocycles. The minimum atomic E-state index is -3.48. The number of hydrogen-bond acceptors (Lipinski definition) is 5.